The maximum atomic E-state index is 10.0. The molecule has 2 bridgehead atoms. The molecule has 0 heterocycles. The molecule has 0 saturated heterocycles. The lowest BCUT2D eigenvalue weighted by Gasteiger charge is -2.64. The smallest absolute Gasteiger partial charge is 0.0910 e. The Kier molecular flexibility index (Phi) is 1.45. The lowest BCUT2D eigenvalue weighted by molar-refractivity contribution is -0.245. The first kappa shape index (κ1) is 8.52. The van der Waals surface area contributed by atoms with Gasteiger partial charge in [-0.15, -0.1) is 0 Å². The molecule has 3 aliphatic carbocycles. The summed E-state index contributed by atoms with van der Waals surface area (Å²) in [6, 6.07) is 0. The Bertz CT molecular complexity index is 208. The molecule has 0 spiro atoms. The summed E-state index contributed by atoms with van der Waals surface area (Å²) in [7, 11) is 0. The summed E-state index contributed by atoms with van der Waals surface area (Å²) in [5.41, 5.74) is -0.610. The van der Waals surface area contributed by atoms with Gasteiger partial charge in [0, 0.05) is 0 Å². The van der Waals surface area contributed by atoms with E-state index in [0.717, 1.165) is 12.8 Å². The average molecular weight is 170 g/mol. The highest BCUT2D eigenvalue weighted by Gasteiger charge is 2.62. The van der Waals surface area contributed by atoms with Gasteiger partial charge in [-0.25, -0.2) is 0 Å². The van der Waals surface area contributed by atoms with Gasteiger partial charge in [-0.05, 0) is 37.0 Å². The van der Waals surface area contributed by atoms with E-state index in [9.17, 15) is 10.2 Å². The molecule has 2 heteroatoms. The van der Waals surface area contributed by atoms with Crippen molar-refractivity contribution >= 4 is 0 Å². The highest BCUT2D eigenvalue weighted by Crippen LogP contribution is 2.62. The molecule has 0 unspecified atom stereocenters. The summed E-state index contributed by atoms with van der Waals surface area (Å²) in [6.45, 7) is 6.18. The Morgan fingerprint density at radius 1 is 1.17 bits per heavy atom. The summed E-state index contributed by atoms with van der Waals surface area (Å²) in [5, 5.41) is 19.7. The predicted molar refractivity (Wildman–Crippen MR) is 46.6 cm³/mol. The molecular formula is C10H18O2. The second-order valence-corrected chi connectivity index (χ2v) is 5.28. The Balaban J connectivity index is 2.27. The maximum Gasteiger partial charge on any atom is 0.0910 e. The molecule has 0 aromatic rings. The van der Waals surface area contributed by atoms with E-state index in [0.29, 0.717) is 11.8 Å². The molecule has 0 amide bonds. The van der Waals surface area contributed by atoms with Crippen LogP contribution in [-0.4, -0.2) is 21.9 Å². The molecule has 3 fully saturated rings. The number of hydrogen-bond donors (Lipinski definition) is 2. The number of rotatable bonds is 0. The minimum Gasteiger partial charge on any atom is -0.390 e. The molecule has 3 saturated carbocycles. The van der Waals surface area contributed by atoms with E-state index in [1.54, 1.807) is 6.92 Å². The van der Waals surface area contributed by atoms with E-state index >= 15 is 0 Å². The van der Waals surface area contributed by atoms with Crippen LogP contribution in [0.15, 0.2) is 0 Å². The quantitative estimate of drug-likeness (QED) is 0.573. The SMILES string of the molecule is CC1(C)[C@@H]2C[C@@H](O)[C@@](C)(O)[C@@H]1C2. The van der Waals surface area contributed by atoms with Crippen molar-refractivity contribution < 1.29 is 10.2 Å². The molecule has 2 nitrogen and oxygen atoms in total. The molecule has 0 aromatic heterocycles. The zero-order chi connectivity index (χ0) is 9.15. The predicted octanol–water partition coefficient (Wildman–Crippen LogP) is 1.16. The van der Waals surface area contributed by atoms with E-state index in [4.69, 9.17) is 0 Å². The summed E-state index contributed by atoms with van der Waals surface area (Å²) in [4.78, 5) is 0. The van der Waals surface area contributed by atoms with Crippen LogP contribution in [0.4, 0.5) is 0 Å². The normalized spacial score (nSPS) is 56.2. The van der Waals surface area contributed by atoms with Crippen LogP contribution in [0.3, 0.4) is 0 Å². The van der Waals surface area contributed by atoms with Crippen LogP contribution in [0, 0.1) is 17.3 Å². The summed E-state index contributed by atoms with van der Waals surface area (Å²) in [5.74, 6) is 0.913. The first-order valence-electron chi connectivity index (χ1n) is 4.77. The summed E-state index contributed by atoms with van der Waals surface area (Å²) >= 11 is 0. The Hall–Kier alpha value is -0.0800. The molecule has 3 aliphatic rings. The van der Waals surface area contributed by atoms with E-state index in [1.807, 2.05) is 0 Å². The molecule has 3 rings (SSSR count). The molecule has 0 radical (unpaired) electrons. The largest absolute Gasteiger partial charge is 0.390 e. The van der Waals surface area contributed by atoms with Crippen LogP contribution in [0.5, 0.6) is 0 Å². The maximum absolute atomic E-state index is 10.0. The van der Waals surface area contributed by atoms with Gasteiger partial charge in [0.25, 0.3) is 0 Å². The van der Waals surface area contributed by atoms with Crippen molar-refractivity contribution in [3.8, 4) is 0 Å². The lowest BCUT2D eigenvalue weighted by atomic mass is 9.43. The fraction of sp³-hybridized carbons (Fsp3) is 1.00. The van der Waals surface area contributed by atoms with E-state index < -0.39 is 11.7 Å². The fourth-order valence-corrected chi connectivity index (χ4v) is 3.15. The minimum absolute atomic E-state index is 0.239. The third-order valence-corrected chi connectivity index (χ3v) is 4.36. The third-order valence-electron chi connectivity index (χ3n) is 4.36. The number of fused-ring (bicyclic) bond motifs is 2. The van der Waals surface area contributed by atoms with Gasteiger partial charge >= 0.3 is 0 Å². The van der Waals surface area contributed by atoms with E-state index in [-0.39, 0.29) is 5.41 Å². The van der Waals surface area contributed by atoms with Crippen LogP contribution in [-0.2, 0) is 0 Å². The van der Waals surface area contributed by atoms with Crippen LogP contribution < -0.4 is 0 Å². The van der Waals surface area contributed by atoms with Gasteiger partial charge in [0.2, 0.25) is 0 Å². The van der Waals surface area contributed by atoms with Gasteiger partial charge in [0.05, 0.1) is 11.7 Å². The molecule has 70 valence electrons. The van der Waals surface area contributed by atoms with E-state index in [1.165, 1.54) is 0 Å². The van der Waals surface area contributed by atoms with Gasteiger partial charge < -0.3 is 10.2 Å². The zero-order valence-corrected chi connectivity index (χ0v) is 8.04. The van der Waals surface area contributed by atoms with Crippen LogP contribution in [0.1, 0.15) is 33.6 Å². The topological polar surface area (TPSA) is 40.5 Å². The highest BCUT2D eigenvalue weighted by molar-refractivity contribution is 5.12. The van der Waals surface area contributed by atoms with Crippen molar-refractivity contribution in [2.45, 2.75) is 45.3 Å². The molecular weight excluding hydrogens is 152 g/mol. The average Bonchev–Trinajstić information content (AvgIpc) is 1.93. The number of hydrogen-bond acceptors (Lipinski definition) is 2. The second kappa shape index (κ2) is 2.05. The summed E-state index contributed by atoms with van der Waals surface area (Å²) in [6.07, 6.45) is 1.36. The summed E-state index contributed by atoms with van der Waals surface area (Å²) < 4.78 is 0. The standard InChI is InChI=1S/C10H18O2/c1-9(2)6-4-7(9)10(3,12)8(11)5-6/h6-8,11-12H,4-5H2,1-3H3/t6-,7+,8+,10-/m0/s1. The second-order valence-electron chi connectivity index (χ2n) is 5.28. The highest BCUT2D eigenvalue weighted by atomic mass is 16.3. The van der Waals surface area contributed by atoms with Gasteiger partial charge in [-0.3, -0.25) is 0 Å². The van der Waals surface area contributed by atoms with Gasteiger partial charge in [-0.1, -0.05) is 13.8 Å². The zero-order valence-electron chi connectivity index (χ0n) is 8.04. The molecule has 4 atom stereocenters. The molecule has 12 heavy (non-hydrogen) atoms. The van der Waals surface area contributed by atoms with Crippen molar-refractivity contribution in [3.63, 3.8) is 0 Å². The van der Waals surface area contributed by atoms with Crippen molar-refractivity contribution in [1.82, 2.24) is 0 Å². The first-order chi connectivity index (χ1) is 5.37. The fourth-order valence-electron chi connectivity index (χ4n) is 3.15. The van der Waals surface area contributed by atoms with Gasteiger partial charge in [-0.2, -0.15) is 0 Å². The van der Waals surface area contributed by atoms with Crippen molar-refractivity contribution in [2.24, 2.45) is 17.3 Å². The van der Waals surface area contributed by atoms with Crippen molar-refractivity contribution in [3.05, 3.63) is 0 Å². The van der Waals surface area contributed by atoms with Crippen LogP contribution in [0.25, 0.3) is 0 Å². The van der Waals surface area contributed by atoms with Crippen molar-refractivity contribution in [1.29, 1.82) is 0 Å². The lowest BCUT2D eigenvalue weighted by Crippen LogP contribution is -2.66. The minimum atomic E-state index is -0.849. The molecule has 2 N–H and O–H groups in total. The van der Waals surface area contributed by atoms with Crippen LogP contribution in [0.2, 0.25) is 0 Å². The Labute approximate surface area is 73.6 Å². The van der Waals surface area contributed by atoms with E-state index in [2.05, 4.69) is 13.8 Å². The first-order valence-corrected chi connectivity index (χ1v) is 4.77. The number of aliphatic hydroxyl groups excluding tert-OH is 1. The van der Waals surface area contributed by atoms with Gasteiger partial charge in [0.1, 0.15) is 0 Å². The van der Waals surface area contributed by atoms with Crippen molar-refractivity contribution in [2.75, 3.05) is 0 Å². The Morgan fingerprint density at radius 3 is 2.08 bits per heavy atom. The molecule has 0 aliphatic heterocycles. The van der Waals surface area contributed by atoms with Crippen LogP contribution >= 0.6 is 0 Å². The van der Waals surface area contributed by atoms with Gasteiger partial charge in [0.15, 0.2) is 0 Å². The molecule has 0 aromatic carbocycles. The third kappa shape index (κ3) is 0.775. The Morgan fingerprint density at radius 2 is 1.75 bits per heavy atom. The number of aliphatic hydroxyl groups is 2. The monoisotopic (exact) mass is 170 g/mol.